The zero-order chi connectivity index (χ0) is 29.0. The highest BCUT2D eigenvalue weighted by atomic mass is 32.2. The summed E-state index contributed by atoms with van der Waals surface area (Å²) >= 11 is 6.62. The molecule has 13 heteroatoms. The largest absolute Gasteiger partial charge is 0.379 e. The van der Waals surface area contributed by atoms with Crippen molar-refractivity contribution in [2.24, 2.45) is 32.2 Å². The second-order valence-electron chi connectivity index (χ2n) is 9.69. The van der Waals surface area contributed by atoms with Crippen LogP contribution in [0, 0.1) is 0 Å². The molecule has 0 saturated heterocycles. The van der Waals surface area contributed by atoms with Crippen molar-refractivity contribution in [3.8, 4) is 0 Å². The molecule has 0 amide bonds. The summed E-state index contributed by atoms with van der Waals surface area (Å²) in [5.74, 6) is 1.00. The van der Waals surface area contributed by atoms with Gasteiger partial charge >= 0.3 is 0 Å². The normalized spacial score (nSPS) is 24.8. The summed E-state index contributed by atoms with van der Waals surface area (Å²) < 4.78 is 0. The summed E-state index contributed by atoms with van der Waals surface area (Å²) in [6.45, 7) is 4.35. The van der Waals surface area contributed by atoms with E-state index in [0.29, 0.717) is 28.6 Å². The number of aliphatic imine (C=N–C) groups is 3. The molecule has 0 radical (unpaired) electrons. The van der Waals surface area contributed by atoms with E-state index in [1.54, 1.807) is 46.6 Å². The minimum Gasteiger partial charge on any atom is -0.379 e. The average molecular weight is 628 g/mol. The van der Waals surface area contributed by atoms with Gasteiger partial charge in [-0.05, 0) is 54.7 Å². The lowest BCUT2D eigenvalue weighted by Crippen LogP contribution is -2.19. The zero-order valence-electron chi connectivity index (χ0n) is 23.2. The highest BCUT2D eigenvalue weighted by molar-refractivity contribution is 8.15. The second kappa shape index (κ2) is 16.1. The first-order valence-corrected chi connectivity index (χ1v) is 17.2. The lowest BCUT2D eigenvalue weighted by molar-refractivity contribution is 0.630. The molecule has 0 aliphatic carbocycles. The highest BCUT2D eigenvalue weighted by Gasteiger charge is 2.27. The molecule has 6 heterocycles. The maximum Gasteiger partial charge on any atom is 0.154 e. The van der Waals surface area contributed by atoms with E-state index >= 15 is 0 Å². The van der Waals surface area contributed by atoms with Crippen molar-refractivity contribution in [2.75, 3.05) is 5.75 Å². The molecule has 3 aliphatic rings. The van der Waals surface area contributed by atoms with Gasteiger partial charge in [0.25, 0.3) is 0 Å². The Morgan fingerprint density at radius 2 is 1.39 bits per heavy atom. The van der Waals surface area contributed by atoms with Gasteiger partial charge in [-0.3, -0.25) is 24.9 Å². The van der Waals surface area contributed by atoms with E-state index in [1.807, 2.05) is 54.6 Å². The molecule has 9 nitrogen and oxygen atoms in total. The van der Waals surface area contributed by atoms with Gasteiger partial charge in [-0.25, -0.2) is 4.98 Å². The second-order valence-corrected chi connectivity index (χ2v) is 14.1. The predicted octanol–water partition coefficient (Wildman–Crippen LogP) is 4.39. The predicted molar refractivity (Wildman–Crippen MR) is 179 cm³/mol. The van der Waals surface area contributed by atoms with E-state index < -0.39 is 0 Å². The SMILES string of the molecule is CC1SC(N)=NC1Cc1ccncc1.CCC1SC(N)=NC1Cc1ccncc1.NC1=NC(Cc2cscn2)CS1. The number of hydrogen-bond acceptors (Lipinski definition) is 13. The summed E-state index contributed by atoms with van der Waals surface area (Å²) in [6, 6.07) is 9.15. The quantitative estimate of drug-likeness (QED) is 0.346. The van der Waals surface area contributed by atoms with E-state index in [4.69, 9.17) is 17.2 Å². The van der Waals surface area contributed by atoms with Crippen LogP contribution in [0.1, 0.15) is 37.1 Å². The molecular formula is C28H37N9S4. The van der Waals surface area contributed by atoms with E-state index in [9.17, 15) is 0 Å². The number of pyridine rings is 2. The summed E-state index contributed by atoms with van der Waals surface area (Å²) in [5, 5.41) is 5.27. The van der Waals surface area contributed by atoms with Crippen LogP contribution in [-0.2, 0) is 19.3 Å². The standard InChI is InChI=1S/C11H15N3S.C10H13N3S.C7H9N3S2/c1-2-10-9(14-11(12)15-10)7-8-3-5-13-6-4-8;1-7-9(13-10(11)14-7)6-8-2-4-12-5-3-8;8-7-10-6(3-12-7)1-5-2-11-4-9-5/h3-6,9-10H,2,7H2,1H3,(H2,12,14);2-5,7,9H,6H2,1H3,(H2,11,13);2,4,6H,1,3H2,(H2,8,10). The average Bonchev–Trinajstić information content (AvgIpc) is 3.77. The van der Waals surface area contributed by atoms with Crippen molar-refractivity contribution in [3.63, 3.8) is 0 Å². The van der Waals surface area contributed by atoms with Crippen LogP contribution in [0.5, 0.6) is 0 Å². The van der Waals surface area contributed by atoms with Gasteiger partial charge < -0.3 is 17.2 Å². The molecule has 41 heavy (non-hydrogen) atoms. The van der Waals surface area contributed by atoms with Gasteiger partial charge in [0.2, 0.25) is 0 Å². The molecule has 218 valence electrons. The van der Waals surface area contributed by atoms with Crippen LogP contribution in [0.3, 0.4) is 0 Å². The molecule has 3 aromatic rings. The molecule has 0 fully saturated rings. The van der Waals surface area contributed by atoms with Crippen molar-refractivity contribution in [1.29, 1.82) is 0 Å². The Labute approximate surface area is 258 Å². The Balaban J connectivity index is 0.000000142. The first-order valence-electron chi connectivity index (χ1n) is 13.5. The van der Waals surface area contributed by atoms with Crippen molar-refractivity contribution in [2.45, 2.75) is 68.2 Å². The number of rotatable bonds is 7. The minimum atomic E-state index is 0.322. The van der Waals surface area contributed by atoms with Crippen LogP contribution in [-0.4, -0.2) is 64.8 Å². The lowest BCUT2D eigenvalue weighted by Gasteiger charge is -2.14. The molecule has 5 atom stereocenters. The van der Waals surface area contributed by atoms with Crippen molar-refractivity contribution >= 4 is 62.1 Å². The van der Waals surface area contributed by atoms with Crippen LogP contribution in [0.15, 0.2) is 74.9 Å². The monoisotopic (exact) mass is 627 g/mol. The topological polar surface area (TPSA) is 154 Å². The van der Waals surface area contributed by atoms with Gasteiger partial charge in [-0.2, -0.15) is 0 Å². The maximum absolute atomic E-state index is 5.75. The van der Waals surface area contributed by atoms with Crippen molar-refractivity contribution < 1.29 is 0 Å². The first-order chi connectivity index (χ1) is 19.9. The Morgan fingerprint density at radius 1 is 0.780 bits per heavy atom. The lowest BCUT2D eigenvalue weighted by atomic mass is 10.0. The van der Waals surface area contributed by atoms with Crippen LogP contribution in [0.25, 0.3) is 0 Å². The van der Waals surface area contributed by atoms with Gasteiger partial charge in [-0.1, -0.05) is 49.1 Å². The van der Waals surface area contributed by atoms with Crippen LogP contribution in [0.4, 0.5) is 0 Å². The molecule has 6 N–H and O–H groups in total. The number of thioether (sulfide) groups is 3. The van der Waals surface area contributed by atoms with Crippen molar-refractivity contribution in [1.82, 2.24) is 15.0 Å². The molecule has 0 saturated carbocycles. The smallest absolute Gasteiger partial charge is 0.154 e. The zero-order valence-corrected chi connectivity index (χ0v) is 26.5. The molecular weight excluding hydrogens is 591 g/mol. The van der Waals surface area contributed by atoms with E-state index in [1.165, 1.54) is 11.1 Å². The molecule has 5 unspecified atom stereocenters. The van der Waals surface area contributed by atoms with Crippen LogP contribution in [0.2, 0.25) is 0 Å². The minimum absolute atomic E-state index is 0.322. The number of aromatic nitrogens is 3. The number of thiazole rings is 1. The molecule has 3 aliphatic heterocycles. The van der Waals surface area contributed by atoms with E-state index in [-0.39, 0.29) is 0 Å². The maximum atomic E-state index is 5.75. The van der Waals surface area contributed by atoms with Crippen molar-refractivity contribution in [3.05, 3.63) is 76.8 Å². The molecule has 0 spiro atoms. The third-order valence-electron chi connectivity index (χ3n) is 6.59. The Hall–Kier alpha value is -2.61. The van der Waals surface area contributed by atoms with Gasteiger partial charge in [0.1, 0.15) is 0 Å². The molecule has 0 bridgehead atoms. The number of hydrogen-bond donors (Lipinski definition) is 3. The fourth-order valence-electron chi connectivity index (χ4n) is 4.46. The Morgan fingerprint density at radius 3 is 1.90 bits per heavy atom. The fourth-order valence-corrected chi connectivity index (χ4v) is 7.69. The van der Waals surface area contributed by atoms with Gasteiger partial charge in [0.15, 0.2) is 15.5 Å². The Bertz CT molecular complexity index is 1290. The summed E-state index contributed by atoms with van der Waals surface area (Å²) in [5.41, 5.74) is 22.5. The number of nitrogens with zero attached hydrogens (tertiary/aromatic N) is 6. The molecule has 0 aromatic carbocycles. The summed E-state index contributed by atoms with van der Waals surface area (Å²) in [4.78, 5) is 25.4. The van der Waals surface area contributed by atoms with Gasteiger partial charge in [0, 0.05) is 52.8 Å². The number of nitrogens with two attached hydrogens (primary N) is 3. The first kappa shape index (κ1) is 31.3. The van der Waals surface area contributed by atoms with Crippen LogP contribution >= 0.6 is 46.6 Å². The van der Waals surface area contributed by atoms with Gasteiger partial charge in [0.05, 0.1) is 29.3 Å². The van der Waals surface area contributed by atoms with E-state index in [2.05, 4.69) is 49.2 Å². The number of amidine groups is 3. The summed E-state index contributed by atoms with van der Waals surface area (Å²) in [7, 11) is 0. The fraction of sp³-hybridized carbons (Fsp3) is 0.429. The Kier molecular flexibility index (Phi) is 12.3. The van der Waals surface area contributed by atoms with Crippen LogP contribution < -0.4 is 17.2 Å². The third kappa shape index (κ3) is 10.3. The van der Waals surface area contributed by atoms with E-state index in [0.717, 1.165) is 52.6 Å². The third-order valence-corrected chi connectivity index (χ3v) is 10.5. The van der Waals surface area contributed by atoms with Gasteiger partial charge in [-0.15, -0.1) is 11.3 Å². The molecule has 6 rings (SSSR count). The molecule has 3 aromatic heterocycles. The highest BCUT2D eigenvalue weighted by Crippen LogP contribution is 2.29. The summed E-state index contributed by atoms with van der Waals surface area (Å²) in [6.07, 6.45) is 11.2.